The first kappa shape index (κ1) is 14.8. The topological polar surface area (TPSA) is 111 Å². The number of hydrogen-bond donors (Lipinski definition) is 3. The maximum Gasteiger partial charge on any atom is 0.238 e. The Kier molecular flexibility index (Phi) is 3.98. The molecule has 108 valence electrons. The van der Waals surface area contributed by atoms with Gasteiger partial charge in [-0.15, -0.1) is 11.3 Å². The third-order valence-electron chi connectivity index (χ3n) is 2.97. The summed E-state index contributed by atoms with van der Waals surface area (Å²) >= 11 is 1.54. The van der Waals surface area contributed by atoms with E-state index in [0.29, 0.717) is 23.5 Å². The smallest absolute Gasteiger partial charge is 0.238 e. The fourth-order valence-corrected chi connectivity index (χ4v) is 3.41. The molecule has 1 heterocycles. The molecule has 0 radical (unpaired) electrons. The van der Waals surface area contributed by atoms with Gasteiger partial charge in [-0.25, -0.2) is 18.5 Å². The zero-order chi connectivity index (χ0) is 14.9. The highest BCUT2D eigenvalue weighted by atomic mass is 32.2. The highest BCUT2D eigenvalue weighted by molar-refractivity contribution is 7.89. The van der Waals surface area contributed by atoms with E-state index in [1.165, 1.54) is 6.07 Å². The molecule has 8 heteroatoms. The summed E-state index contributed by atoms with van der Waals surface area (Å²) in [4.78, 5) is 5.29. The van der Waals surface area contributed by atoms with E-state index in [0.717, 1.165) is 10.6 Å². The van der Waals surface area contributed by atoms with Gasteiger partial charge < -0.3 is 11.1 Å². The molecule has 0 unspecified atom stereocenters. The second kappa shape index (κ2) is 5.39. The van der Waals surface area contributed by atoms with E-state index in [1.807, 2.05) is 6.92 Å². The number of aryl methyl sites for hydroxylation is 1. The van der Waals surface area contributed by atoms with Crippen molar-refractivity contribution in [3.05, 3.63) is 33.8 Å². The van der Waals surface area contributed by atoms with E-state index in [-0.39, 0.29) is 4.90 Å². The van der Waals surface area contributed by atoms with Crippen LogP contribution in [0.1, 0.15) is 16.1 Å². The standard InChI is InChI=1S/C12H16N4O2S2/c1-7-10(15-5-11-8(2)16-6-19-11)3-9(13)4-12(7)20(14,17)18/h3-4,6,15H,5,13H2,1-2H3,(H2,14,17,18). The number of anilines is 2. The van der Waals surface area contributed by atoms with Gasteiger partial charge in [0.25, 0.3) is 0 Å². The molecule has 0 atom stereocenters. The first-order valence-electron chi connectivity index (χ1n) is 5.85. The number of nitrogens with one attached hydrogen (secondary N) is 1. The maximum absolute atomic E-state index is 11.5. The van der Waals surface area contributed by atoms with Gasteiger partial charge >= 0.3 is 0 Å². The lowest BCUT2D eigenvalue weighted by Gasteiger charge is -2.13. The van der Waals surface area contributed by atoms with Crippen LogP contribution in [0.15, 0.2) is 22.5 Å². The summed E-state index contributed by atoms with van der Waals surface area (Å²) < 4.78 is 23.1. The minimum Gasteiger partial charge on any atom is -0.399 e. The normalized spacial score (nSPS) is 11.6. The van der Waals surface area contributed by atoms with Crippen LogP contribution in [-0.4, -0.2) is 13.4 Å². The van der Waals surface area contributed by atoms with Crippen LogP contribution in [0.2, 0.25) is 0 Å². The second-order valence-corrected chi connectivity index (χ2v) is 6.92. The lowest BCUT2D eigenvalue weighted by atomic mass is 10.1. The fourth-order valence-electron chi connectivity index (χ4n) is 1.86. The third-order valence-corrected chi connectivity index (χ3v) is 4.95. The zero-order valence-electron chi connectivity index (χ0n) is 11.2. The van der Waals surface area contributed by atoms with Crippen molar-refractivity contribution in [3.8, 4) is 0 Å². The second-order valence-electron chi connectivity index (χ2n) is 4.45. The van der Waals surface area contributed by atoms with Crippen LogP contribution in [0, 0.1) is 13.8 Å². The maximum atomic E-state index is 11.5. The SMILES string of the molecule is Cc1ncsc1CNc1cc(N)cc(S(N)(=O)=O)c1C. The Bertz CT molecular complexity index is 738. The predicted octanol–water partition coefficient (Wildman–Crippen LogP) is 1.60. The summed E-state index contributed by atoms with van der Waals surface area (Å²) in [6.45, 7) is 4.18. The van der Waals surface area contributed by atoms with E-state index in [1.54, 1.807) is 29.8 Å². The average Bonchev–Trinajstić information content (AvgIpc) is 2.74. The minimum atomic E-state index is -3.79. The highest BCUT2D eigenvalue weighted by Gasteiger charge is 2.15. The predicted molar refractivity (Wildman–Crippen MR) is 81.1 cm³/mol. The van der Waals surface area contributed by atoms with E-state index >= 15 is 0 Å². The quantitative estimate of drug-likeness (QED) is 0.743. The molecule has 0 bridgehead atoms. The summed E-state index contributed by atoms with van der Waals surface area (Å²) in [5.41, 5.74) is 10.0. The van der Waals surface area contributed by atoms with Gasteiger partial charge in [0.05, 0.1) is 22.6 Å². The van der Waals surface area contributed by atoms with Crippen LogP contribution in [0.25, 0.3) is 0 Å². The van der Waals surface area contributed by atoms with Gasteiger partial charge in [-0.1, -0.05) is 0 Å². The zero-order valence-corrected chi connectivity index (χ0v) is 12.8. The van der Waals surface area contributed by atoms with E-state index in [9.17, 15) is 8.42 Å². The Morgan fingerprint density at radius 1 is 1.35 bits per heavy atom. The Hall–Kier alpha value is -1.64. The molecule has 5 N–H and O–H groups in total. The van der Waals surface area contributed by atoms with Crippen LogP contribution in [0.3, 0.4) is 0 Å². The Morgan fingerprint density at radius 2 is 2.05 bits per heavy atom. The Balaban J connectivity index is 2.33. The summed E-state index contributed by atoms with van der Waals surface area (Å²) in [6, 6.07) is 3.06. The number of nitrogen functional groups attached to an aromatic ring is 1. The highest BCUT2D eigenvalue weighted by Crippen LogP contribution is 2.27. The molecule has 0 saturated carbocycles. The number of benzene rings is 1. The van der Waals surface area contributed by atoms with Gasteiger partial charge in [0.2, 0.25) is 10.0 Å². The first-order chi connectivity index (χ1) is 9.29. The molecular weight excluding hydrogens is 296 g/mol. The van der Waals surface area contributed by atoms with Gasteiger partial charge in [-0.05, 0) is 31.5 Å². The molecule has 1 aromatic carbocycles. The van der Waals surface area contributed by atoms with Crippen molar-refractivity contribution < 1.29 is 8.42 Å². The summed E-state index contributed by atoms with van der Waals surface area (Å²) in [6.07, 6.45) is 0. The van der Waals surface area contributed by atoms with E-state index < -0.39 is 10.0 Å². The molecule has 0 aliphatic heterocycles. The Morgan fingerprint density at radius 3 is 2.60 bits per heavy atom. The van der Waals surface area contributed by atoms with Crippen molar-refractivity contribution in [1.29, 1.82) is 0 Å². The molecule has 2 rings (SSSR count). The van der Waals surface area contributed by atoms with Gasteiger partial charge in [0, 0.05) is 16.3 Å². The number of nitrogens with zero attached hydrogens (tertiary/aromatic N) is 1. The van der Waals surface area contributed by atoms with Crippen molar-refractivity contribution in [3.63, 3.8) is 0 Å². The van der Waals surface area contributed by atoms with Crippen molar-refractivity contribution >= 4 is 32.7 Å². The van der Waals surface area contributed by atoms with Crippen LogP contribution < -0.4 is 16.2 Å². The monoisotopic (exact) mass is 312 g/mol. The molecule has 0 fully saturated rings. The number of sulfonamides is 1. The summed E-state index contributed by atoms with van der Waals surface area (Å²) in [5.74, 6) is 0. The molecule has 20 heavy (non-hydrogen) atoms. The lowest BCUT2D eigenvalue weighted by molar-refractivity contribution is 0.597. The van der Waals surface area contributed by atoms with Crippen molar-refractivity contribution in [2.24, 2.45) is 5.14 Å². The lowest BCUT2D eigenvalue weighted by Crippen LogP contribution is -2.15. The van der Waals surface area contributed by atoms with Crippen molar-refractivity contribution in [2.75, 3.05) is 11.1 Å². The number of aromatic nitrogens is 1. The molecule has 0 spiro atoms. The van der Waals surface area contributed by atoms with Crippen molar-refractivity contribution in [1.82, 2.24) is 4.98 Å². The van der Waals surface area contributed by atoms with E-state index in [4.69, 9.17) is 10.9 Å². The summed E-state index contributed by atoms with van der Waals surface area (Å²) in [7, 11) is -3.79. The molecule has 0 aliphatic carbocycles. The molecular formula is C12H16N4O2S2. The number of hydrogen-bond acceptors (Lipinski definition) is 6. The average molecular weight is 312 g/mol. The van der Waals surface area contributed by atoms with Crippen molar-refractivity contribution in [2.45, 2.75) is 25.3 Å². The molecule has 2 aromatic rings. The molecule has 0 saturated heterocycles. The van der Waals surface area contributed by atoms with Gasteiger partial charge in [0.15, 0.2) is 0 Å². The molecule has 1 aromatic heterocycles. The molecule has 0 aliphatic rings. The number of thiazole rings is 1. The summed E-state index contributed by atoms with van der Waals surface area (Å²) in [5, 5.41) is 8.37. The molecule has 0 amide bonds. The molecule has 6 nitrogen and oxygen atoms in total. The van der Waals surface area contributed by atoms with Crippen LogP contribution >= 0.6 is 11.3 Å². The number of nitrogens with two attached hydrogens (primary N) is 2. The van der Waals surface area contributed by atoms with Crippen LogP contribution in [0.5, 0.6) is 0 Å². The van der Waals surface area contributed by atoms with Gasteiger partial charge in [-0.3, -0.25) is 0 Å². The minimum absolute atomic E-state index is 0.0426. The number of rotatable bonds is 4. The van der Waals surface area contributed by atoms with Crippen LogP contribution in [-0.2, 0) is 16.6 Å². The third kappa shape index (κ3) is 3.09. The Labute approximate surface area is 121 Å². The van der Waals surface area contributed by atoms with Gasteiger partial charge in [0.1, 0.15) is 0 Å². The fraction of sp³-hybridized carbons (Fsp3) is 0.250. The van der Waals surface area contributed by atoms with Gasteiger partial charge in [-0.2, -0.15) is 0 Å². The van der Waals surface area contributed by atoms with Crippen LogP contribution in [0.4, 0.5) is 11.4 Å². The first-order valence-corrected chi connectivity index (χ1v) is 8.27. The number of primary sulfonamides is 1. The largest absolute Gasteiger partial charge is 0.399 e. The van der Waals surface area contributed by atoms with E-state index in [2.05, 4.69) is 10.3 Å².